The van der Waals surface area contributed by atoms with E-state index in [2.05, 4.69) is 15.6 Å². The van der Waals surface area contributed by atoms with Gasteiger partial charge in [0.05, 0.1) is 0 Å². The number of anilines is 1. The quantitative estimate of drug-likeness (QED) is 0.778. The third kappa shape index (κ3) is 4.12. The van der Waals surface area contributed by atoms with Crippen molar-refractivity contribution in [3.63, 3.8) is 0 Å². The van der Waals surface area contributed by atoms with Crippen LogP contribution in [0.15, 0.2) is 18.3 Å². The lowest BCUT2D eigenvalue weighted by Crippen LogP contribution is -2.30. The van der Waals surface area contributed by atoms with Crippen molar-refractivity contribution in [1.82, 2.24) is 10.3 Å². The van der Waals surface area contributed by atoms with Gasteiger partial charge in [-0.1, -0.05) is 0 Å². The van der Waals surface area contributed by atoms with Crippen LogP contribution >= 0.6 is 11.6 Å². The number of hydrogen-bond donors (Lipinski definition) is 2. The number of carbonyl (C=O) groups excluding carboxylic acids is 1. The van der Waals surface area contributed by atoms with Gasteiger partial charge in [0.2, 0.25) is 0 Å². The van der Waals surface area contributed by atoms with Crippen molar-refractivity contribution in [2.24, 2.45) is 0 Å². The molecule has 0 atom stereocenters. The molecule has 0 aliphatic rings. The largest absolute Gasteiger partial charge is 0.335 e. The minimum Gasteiger partial charge on any atom is -0.335 e. The van der Waals surface area contributed by atoms with Gasteiger partial charge < -0.3 is 5.32 Å². The number of rotatable bonds is 4. The predicted molar refractivity (Wildman–Crippen MR) is 56.8 cm³/mol. The fourth-order valence-electron chi connectivity index (χ4n) is 0.947. The zero-order chi connectivity index (χ0) is 11.1. The second-order valence-electron chi connectivity index (χ2n) is 2.75. The maximum absolute atomic E-state index is 11.7. The van der Waals surface area contributed by atoms with Gasteiger partial charge in [-0.05, 0) is 17.7 Å². The Hall–Kier alpha value is -1.36. The Bertz CT molecular complexity index is 335. The SMILES string of the molecule is O=C(NCCF)Nc1cc(CCl)ccn1. The highest BCUT2D eigenvalue weighted by Gasteiger charge is 2.02. The van der Waals surface area contributed by atoms with Crippen molar-refractivity contribution in [3.8, 4) is 0 Å². The molecule has 1 heterocycles. The molecule has 4 nitrogen and oxygen atoms in total. The summed E-state index contributed by atoms with van der Waals surface area (Å²) in [7, 11) is 0. The average Bonchev–Trinajstić information content (AvgIpc) is 2.26. The van der Waals surface area contributed by atoms with Gasteiger partial charge in [0, 0.05) is 18.6 Å². The summed E-state index contributed by atoms with van der Waals surface area (Å²) in [6, 6.07) is 2.92. The van der Waals surface area contributed by atoms with Gasteiger partial charge in [-0.2, -0.15) is 0 Å². The first-order chi connectivity index (χ1) is 7.26. The molecule has 82 valence electrons. The first-order valence-corrected chi connectivity index (χ1v) is 4.91. The number of halogens is 2. The van der Waals surface area contributed by atoms with Crippen LogP contribution in [0.2, 0.25) is 0 Å². The molecular formula is C9H11ClFN3O. The van der Waals surface area contributed by atoms with Gasteiger partial charge in [0.25, 0.3) is 0 Å². The standard InChI is InChI=1S/C9H11ClFN3O/c10-6-7-1-3-12-8(5-7)14-9(15)13-4-2-11/h1,3,5H,2,4,6H2,(H2,12,13,14,15). The van der Waals surface area contributed by atoms with Gasteiger partial charge in [0.15, 0.2) is 0 Å². The molecule has 1 aromatic heterocycles. The number of aromatic nitrogens is 1. The van der Waals surface area contributed by atoms with Crippen LogP contribution in [0.5, 0.6) is 0 Å². The maximum atomic E-state index is 11.7. The lowest BCUT2D eigenvalue weighted by atomic mass is 10.3. The Kier molecular flexibility index (Phi) is 4.83. The van der Waals surface area contributed by atoms with E-state index >= 15 is 0 Å². The van der Waals surface area contributed by atoms with E-state index in [0.29, 0.717) is 11.7 Å². The molecule has 2 amide bonds. The molecule has 0 unspecified atom stereocenters. The number of nitrogens with zero attached hydrogens (tertiary/aromatic N) is 1. The fraction of sp³-hybridized carbons (Fsp3) is 0.333. The van der Waals surface area contributed by atoms with Crippen LogP contribution in [0, 0.1) is 0 Å². The molecule has 6 heteroatoms. The number of nitrogens with one attached hydrogen (secondary N) is 2. The van der Waals surface area contributed by atoms with Crippen molar-refractivity contribution < 1.29 is 9.18 Å². The molecular weight excluding hydrogens is 221 g/mol. The lowest BCUT2D eigenvalue weighted by molar-refractivity contribution is 0.251. The first-order valence-electron chi connectivity index (χ1n) is 4.38. The smallest absolute Gasteiger partial charge is 0.320 e. The molecule has 0 aromatic carbocycles. The first kappa shape index (κ1) is 11.7. The molecule has 0 bridgehead atoms. The monoisotopic (exact) mass is 231 g/mol. The molecule has 0 saturated heterocycles. The number of carbonyl (C=O) groups is 1. The third-order valence-electron chi connectivity index (χ3n) is 1.60. The van der Waals surface area contributed by atoms with E-state index in [9.17, 15) is 9.18 Å². The molecule has 0 aliphatic carbocycles. The maximum Gasteiger partial charge on any atom is 0.320 e. The van der Waals surface area contributed by atoms with Gasteiger partial charge in [0.1, 0.15) is 12.5 Å². The minimum absolute atomic E-state index is 0.0129. The normalized spacial score (nSPS) is 9.73. The highest BCUT2D eigenvalue weighted by atomic mass is 35.5. The van der Waals surface area contributed by atoms with E-state index in [-0.39, 0.29) is 6.54 Å². The summed E-state index contributed by atoms with van der Waals surface area (Å²) >= 11 is 5.61. The number of alkyl halides is 2. The number of amides is 2. The van der Waals surface area contributed by atoms with E-state index in [4.69, 9.17) is 11.6 Å². The zero-order valence-corrected chi connectivity index (χ0v) is 8.72. The minimum atomic E-state index is -0.595. The number of urea groups is 1. The Morgan fingerprint density at radius 1 is 1.60 bits per heavy atom. The number of hydrogen-bond acceptors (Lipinski definition) is 2. The van der Waals surface area contributed by atoms with Crippen LogP contribution in [0.3, 0.4) is 0 Å². The molecule has 0 saturated carbocycles. The van der Waals surface area contributed by atoms with Gasteiger partial charge in [-0.25, -0.2) is 14.2 Å². The highest BCUT2D eigenvalue weighted by Crippen LogP contribution is 2.08. The van der Waals surface area contributed by atoms with E-state index in [1.165, 1.54) is 0 Å². The van der Waals surface area contributed by atoms with Crippen LogP contribution in [0.4, 0.5) is 15.0 Å². The molecule has 15 heavy (non-hydrogen) atoms. The van der Waals surface area contributed by atoms with Gasteiger partial charge in [-0.15, -0.1) is 11.6 Å². The Balaban J connectivity index is 2.52. The van der Waals surface area contributed by atoms with Crippen LogP contribution in [0.1, 0.15) is 5.56 Å². The summed E-state index contributed by atoms with van der Waals surface area (Å²) in [6.45, 7) is -0.608. The Labute approximate surface area is 91.8 Å². The molecule has 0 fully saturated rings. The summed E-state index contributed by atoms with van der Waals surface area (Å²) in [4.78, 5) is 15.0. The Morgan fingerprint density at radius 3 is 3.07 bits per heavy atom. The summed E-state index contributed by atoms with van der Waals surface area (Å²) in [5.74, 6) is 0.744. The van der Waals surface area contributed by atoms with Crippen LogP contribution < -0.4 is 10.6 Å². The van der Waals surface area contributed by atoms with E-state index in [0.717, 1.165) is 5.56 Å². The topological polar surface area (TPSA) is 54.0 Å². The summed E-state index contributed by atoms with van der Waals surface area (Å²) < 4.78 is 11.7. The molecule has 1 aromatic rings. The van der Waals surface area contributed by atoms with E-state index in [1.807, 2.05) is 0 Å². The van der Waals surface area contributed by atoms with E-state index < -0.39 is 12.7 Å². The predicted octanol–water partition coefficient (Wildman–Crippen LogP) is 1.91. The van der Waals surface area contributed by atoms with Crippen LogP contribution in [-0.4, -0.2) is 24.2 Å². The van der Waals surface area contributed by atoms with Crippen molar-refractivity contribution >= 4 is 23.4 Å². The van der Waals surface area contributed by atoms with Crippen molar-refractivity contribution in [2.45, 2.75) is 5.88 Å². The summed E-state index contributed by atoms with van der Waals surface area (Å²) in [5.41, 5.74) is 0.854. The van der Waals surface area contributed by atoms with Crippen molar-refractivity contribution in [3.05, 3.63) is 23.9 Å². The number of pyridine rings is 1. The fourth-order valence-corrected chi connectivity index (χ4v) is 1.11. The van der Waals surface area contributed by atoms with Crippen molar-refractivity contribution in [2.75, 3.05) is 18.5 Å². The average molecular weight is 232 g/mol. The summed E-state index contributed by atoms with van der Waals surface area (Å²) in [6.07, 6.45) is 1.54. The second kappa shape index (κ2) is 6.19. The molecule has 1 rings (SSSR count). The summed E-state index contributed by atoms with van der Waals surface area (Å²) in [5, 5.41) is 4.79. The van der Waals surface area contributed by atoms with Crippen LogP contribution in [-0.2, 0) is 5.88 Å². The van der Waals surface area contributed by atoms with Crippen molar-refractivity contribution in [1.29, 1.82) is 0 Å². The lowest BCUT2D eigenvalue weighted by Gasteiger charge is -2.05. The van der Waals surface area contributed by atoms with Gasteiger partial charge >= 0.3 is 6.03 Å². The van der Waals surface area contributed by atoms with E-state index in [1.54, 1.807) is 18.3 Å². The van der Waals surface area contributed by atoms with Gasteiger partial charge in [-0.3, -0.25) is 5.32 Å². The Morgan fingerprint density at radius 2 is 2.40 bits per heavy atom. The molecule has 2 N–H and O–H groups in total. The molecule has 0 spiro atoms. The highest BCUT2D eigenvalue weighted by molar-refractivity contribution is 6.17. The molecule has 0 radical (unpaired) electrons. The zero-order valence-electron chi connectivity index (χ0n) is 7.96. The molecule has 0 aliphatic heterocycles. The second-order valence-corrected chi connectivity index (χ2v) is 3.02. The van der Waals surface area contributed by atoms with Crippen LogP contribution in [0.25, 0.3) is 0 Å². The third-order valence-corrected chi connectivity index (χ3v) is 1.91.